The molecule has 0 saturated heterocycles. The van der Waals surface area contributed by atoms with Crippen LogP contribution in [0.5, 0.6) is 0 Å². The Balaban J connectivity index is 2.33. The lowest BCUT2D eigenvalue weighted by Crippen LogP contribution is -2.15. The Morgan fingerprint density at radius 3 is 2.69 bits per heavy atom. The molecule has 0 unspecified atom stereocenters. The van der Waals surface area contributed by atoms with E-state index < -0.39 is 0 Å². The molecule has 0 spiro atoms. The third kappa shape index (κ3) is 3.38. The van der Waals surface area contributed by atoms with Gasteiger partial charge >= 0.3 is 0 Å². The third-order valence-corrected chi connectivity index (χ3v) is 2.58. The summed E-state index contributed by atoms with van der Waals surface area (Å²) in [5, 5.41) is 4.06. The minimum Gasteiger partial charge on any atom is -0.355 e. The second-order valence-electron chi connectivity index (χ2n) is 2.56. The first kappa shape index (κ1) is 10.6. The van der Waals surface area contributed by atoms with Gasteiger partial charge in [-0.2, -0.15) is 5.10 Å². The molecule has 0 aliphatic carbocycles. The molecule has 0 atom stereocenters. The highest BCUT2D eigenvalue weighted by molar-refractivity contribution is 7.99. The Morgan fingerprint density at radius 2 is 2.23 bits per heavy atom. The van der Waals surface area contributed by atoms with Crippen molar-refractivity contribution in [3.8, 4) is 0 Å². The van der Waals surface area contributed by atoms with Gasteiger partial charge in [-0.1, -0.05) is 0 Å². The lowest BCUT2D eigenvalue weighted by Gasteiger charge is -2.11. The van der Waals surface area contributed by atoms with Crippen LogP contribution in [0.4, 0.5) is 0 Å². The van der Waals surface area contributed by atoms with Crippen LogP contribution in [0.1, 0.15) is 0 Å². The Bertz CT molecular complexity index is 248. The van der Waals surface area contributed by atoms with Crippen LogP contribution in [0.2, 0.25) is 0 Å². The lowest BCUT2D eigenvalue weighted by molar-refractivity contribution is -0.0842. The number of hydrogen-bond acceptors (Lipinski definition) is 4. The lowest BCUT2D eigenvalue weighted by atomic mass is 10.7. The van der Waals surface area contributed by atoms with Crippen molar-refractivity contribution in [3.05, 3.63) is 12.4 Å². The van der Waals surface area contributed by atoms with Gasteiger partial charge in [0.2, 0.25) is 0 Å². The summed E-state index contributed by atoms with van der Waals surface area (Å²) in [6.07, 6.45) is 3.64. The summed E-state index contributed by atoms with van der Waals surface area (Å²) >= 11 is 1.67. The van der Waals surface area contributed by atoms with Crippen molar-refractivity contribution in [2.75, 3.05) is 20.0 Å². The molecule has 0 bridgehead atoms. The maximum atomic E-state index is 5.06. The van der Waals surface area contributed by atoms with Gasteiger partial charge < -0.3 is 9.47 Å². The van der Waals surface area contributed by atoms with Crippen LogP contribution >= 0.6 is 11.8 Å². The van der Waals surface area contributed by atoms with Gasteiger partial charge in [0.25, 0.3) is 0 Å². The number of thioether (sulfide) groups is 1. The summed E-state index contributed by atoms with van der Waals surface area (Å²) in [5.74, 6) is 0.776. The SMILES string of the molecule is COC(CSc1cnn(C)c1)OC. The normalized spacial score (nSPS) is 11.1. The predicted molar refractivity (Wildman–Crippen MR) is 51.7 cm³/mol. The van der Waals surface area contributed by atoms with E-state index in [1.54, 1.807) is 30.7 Å². The summed E-state index contributed by atoms with van der Waals surface area (Å²) in [7, 11) is 5.17. The number of hydrogen-bond donors (Lipinski definition) is 0. The van der Waals surface area contributed by atoms with E-state index in [-0.39, 0.29) is 6.29 Å². The molecule has 0 aliphatic rings. The van der Waals surface area contributed by atoms with Crippen molar-refractivity contribution >= 4 is 11.8 Å². The van der Waals surface area contributed by atoms with Crippen molar-refractivity contribution in [1.29, 1.82) is 0 Å². The van der Waals surface area contributed by atoms with Crippen molar-refractivity contribution in [2.45, 2.75) is 11.2 Å². The molecule has 0 saturated carbocycles. The first-order valence-corrected chi connectivity index (χ1v) is 4.92. The highest BCUT2D eigenvalue weighted by Crippen LogP contribution is 2.18. The van der Waals surface area contributed by atoms with Gasteiger partial charge in [-0.15, -0.1) is 11.8 Å². The standard InChI is InChI=1S/C8H14N2O2S/c1-10-5-7(4-9-10)13-6-8(11-2)12-3/h4-5,8H,6H2,1-3H3. The van der Waals surface area contributed by atoms with Gasteiger partial charge in [0.1, 0.15) is 0 Å². The van der Waals surface area contributed by atoms with Crippen LogP contribution in [-0.4, -0.2) is 36.0 Å². The Hall–Kier alpha value is -0.520. The van der Waals surface area contributed by atoms with Crippen molar-refractivity contribution < 1.29 is 9.47 Å². The number of rotatable bonds is 5. The molecule has 0 radical (unpaired) electrons. The highest BCUT2D eigenvalue weighted by Gasteiger charge is 2.06. The van der Waals surface area contributed by atoms with Gasteiger partial charge in [0, 0.05) is 38.1 Å². The maximum Gasteiger partial charge on any atom is 0.166 e. The number of aryl methyl sites for hydroxylation is 1. The van der Waals surface area contributed by atoms with Crippen molar-refractivity contribution in [1.82, 2.24) is 9.78 Å². The molecule has 1 heterocycles. The fraction of sp³-hybridized carbons (Fsp3) is 0.625. The molecule has 0 aromatic carbocycles. The van der Waals surface area contributed by atoms with E-state index in [1.165, 1.54) is 0 Å². The van der Waals surface area contributed by atoms with Crippen LogP contribution in [0.25, 0.3) is 0 Å². The summed E-state index contributed by atoms with van der Waals surface area (Å²) < 4.78 is 11.9. The van der Waals surface area contributed by atoms with Gasteiger partial charge in [-0.3, -0.25) is 4.68 Å². The quantitative estimate of drug-likeness (QED) is 0.530. The zero-order valence-electron chi connectivity index (χ0n) is 8.06. The molecule has 1 aromatic heterocycles. The Kier molecular flexibility index (Phi) is 4.27. The second kappa shape index (κ2) is 5.26. The third-order valence-electron chi connectivity index (χ3n) is 1.59. The highest BCUT2D eigenvalue weighted by atomic mass is 32.2. The zero-order chi connectivity index (χ0) is 9.68. The van der Waals surface area contributed by atoms with Gasteiger partial charge in [0.05, 0.1) is 6.20 Å². The van der Waals surface area contributed by atoms with Crippen LogP contribution in [0.3, 0.4) is 0 Å². The Morgan fingerprint density at radius 1 is 1.54 bits per heavy atom. The number of methoxy groups -OCH3 is 2. The van der Waals surface area contributed by atoms with E-state index >= 15 is 0 Å². The number of nitrogens with zero attached hydrogens (tertiary/aromatic N) is 2. The maximum absolute atomic E-state index is 5.06. The van der Waals surface area contributed by atoms with E-state index in [1.807, 2.05) is 19.4 Å². The molecule has 0 N–H and O–H groups in total. The molecule has 4 nitrogen and oxygen atoms in total. The molecular formula is C8H14N2O2S. The number of aromatic nitrogens is 2. The monoisotopic (exact) mass is 202 g/mol. The largest absolute Gasteiger partial charge is 0.355 e. The van der Waals surface area contributed by atoms with Crippen LogP contribution in [-0.2, 0) is 16.5 Å². The molecule has 0 fully saturated rings. The van der Waals surface area contributed by atoms with Crippen LogP contribution in [0, 0.1) is 0 Å². The first-order chi connectivity index (χ1) is 6.26. The summed E-state index contributed by atoms with van der Waals surface area (Å²) in [6.45, 7) is 0. The van der Waals surface area contributed by atoms with Crippen LogP contribution in [0.15, 0.2) is 17.3 Å². The van der Waals surface area contributed by atoms with Gasteiger partial charge in [-0.25, -0.2) is 0 Å². The first-order valence-electron chi connectivity index (χ1n) is 3.93. The molecule has 0 aliphatic heterocycles. The molecule has 74 valence electrons. The molecule has 5 heteroatoms. The van der Waals surface area contributed by atoms with E-state index in [2.05, 4.69) is 5.10 Å². The minimum atomic E-state index is -0.148. The fourth-order valence-corrected chi connectivity index (χ4v) is 1.82. The Labute approximate surface area is 82.2 Å². The topological polar surface area (TPSA) is 36.3 Å². The van der Waals surface area contributed by atoms with Crippen molar-refractivity contribution in [3.63, 3.8) is 0 Å². The fourth-order valence-electron chi connectivity index (χ4n) is 0.870. The summed E-state index contributed by atoms with van der Waals surface area (Å²) in [4.78, 5) is 1.13. The predicted octanol–water partition coefficient (Wildman–Crippen LogP) is 1.13. The second-order valence-corrected chi connectivity index (χ2v) is 3.66. The molecule has 0 amide bonds. The minimum absolute atomic E-state index is 0.148. The van der Waals surface area contributed by atoms with Gasteiger partial charge in [0.15, 0.2) is 6.29 Å². The molecular weight excluding hydrogens is 188 g/mol. The molecule has 1 rings (SSSR count). The summed E-state index contributed by atoms with van der Waals surface area (Å²) in [6, 6.07) is 0. The van der Waals surface area contributed by atoms with E-state index in [9.17, 15) is 0 Å². The summed E-state index contributed by atoms with van der Waals surface area (Å²) in [5.41, 5.74) is 0. The van der Waals surface area contributed by atoms with Crippen LogP contribution < -0.4 is 0 Å². The van der Waals surface area contributed by atoms with E-state index in [0.29, 0.717) is 0 Å². The average Bonchev–Trinajstić information content (AvgIpc) is 2.53. The smallest absolute Gasteiger partial charge is 0.166 e. The number of ether oxygens (including phenoxy) is 2. The van der Waals surface area contributed by atoms with Gasteiger partial charge in [-0.05, 0) is 0 Å². The zero-order valence-corrected chi connectivity index (χ0v) is 8.87. The van der Waals surface area contributed by atoms with E-state index in [0.717, 1.165) is 10.6 Å². The van der Waals surface area contributed by atoms with E-state index in [4.69, 9.17) is 9.47 Å². The van der Waals surface area contributed by atoms with Crippen molar-refractivity contribution in [2.24, 2.45) is 7.05 Å². The molecule has 13 heavy (non-hydrogen) atoms. The average molecular weight is 202 g/mol. The molecule has 1 aromatic rings.